The van der Waals surface area contributed by atoms with Crippen molar-refractivity contribution in [3.05, 3.63) is 94.6 Å². The van der Waals surface area contributed by atoms with Gasteiger partial charge in [-0.25, -0.2) is 4.68 Å². The van der Waals surface area contributed by atoms with E-state index in [9.17, 15) is 9.59 Å². The summed E-state index contributed by atoms with van der Waals surface area (Å²) >= 11 is 0. The summed E-state index contributed by atoms with van der Waals surface area (Å²) in [7, 11) is 0. The standard InChI is InChI=1S/C20H16N4O3/c25-19(18-9-5-11-27-18)22-12-17-15-7-1-2-8-16(15)20(26)24(23-17)13-14-6-3-4-10-21-14/h1-11H,12-13H2,(H,22,25). The second kappa shape index (κ2) is 7.25. The second-order valence-electron chi connectivity index (χ2n) is 5.94. The van der Waals surface area contributed by atoms with Crippen molar-refractivity contribution in [3.8, 4) is 0 Å². The number of carbonyl (C=O) groups excluding carboxylic acids is 1. The largest absolute Gasteiger partial charge is 0.459 e. The Morgan fingerprint density at radius 3 is 2.59 bits per heavy atom. The van der Waals surface area contributed by atoms with Crippen LogP contribution < -0.4 is 10.9 Å². The van der Waals surface area contributed by atoms with Gasteiger partial charge in [0.05, 0.1) is 36.1 Å². The van der Waals surface area contributed by atoms with Gasteiger partial charge in [0.2, 0.25) is 0 Å². The third kappa shape index (κ3) is 3.48. The average Bonchev–Trinajstić information content (AvgIpc) is 3.25. The van der Waals surface area contributed by atoms with Gasteiger partial charge in [-0.1, -0.05) is 24.3 Å². The fourth-order valence-corrected chi connectivity index (χ4v) is 2.85. The molecule has 0 aliphatic rings. The summed E-state index contributed by atoms with van der Waals surface area (Å²) in [5, 5.41) is 8.50. The molecule has 3 aromatic heterocycles. The van der Waals surface area contributed by atoms with Gasteiger partial charge in [0, 0.05) is 11.6 Å². The molecule has 1 aromatic carbocycles. The molecule has 4 aromatic rings. The molecule has 0 saturated carbocycles. The maximum absolute atomic E-state index is 12.8. The van der Waals surface area contributed by atoms with Crippen molar-refractivity contribution >= 4 is 16.7 Å². The minimum absolute atomic E-state index is 0.169. The van der Waals surface area contributed by atoms with Crippen LogP contribution in [-0.2, 0) is 13.1 Å². The van der Waals surface area contributed by atoms with E-state index in [1.807, 2.05) is 30.3 Å². The highest BCUT2D eigenvalue weighted by Gasteiger charge is 2.13. The second-order valence-corrected chi connectivity index (χ2v) is 5.94. The fraction of sp³-hybridized carbons (Fsp3) is 0.100. The van der Waals surface area contributed by atoms with Crippen LogP contribution in [-0.4, -0.2) is 20.7 Å². The molecule has 0 saturated heterocycles. The summed E-state index contributed by atoms with van der Waals surface area (Å²) in [6.45, 7) is 0.423. The van der Waals surface area contributed by atoms with Gasteiger partial charge in [-0.2, -0.15) is 5.10 Å². The molecule has 3 heterocycles. The molecule has 0 fully saturated rings. The van der Waals surface area contributed by atoms with Gasteiger partial charge in [0.25, 0.3) is 11.5 Å². The minimum Gasteiger partial charge on any atom is -0.459 e. The van der Waals surface area contributed by atoms with E-state index >= 15 is 0 Å². The Morgan fingerprint density at radius 2 is 1.85 bits per heavy atom. The van der Waals surface area contributed by atoms with E-state index in [0.717, 1.165) is 5.69 Å². The van der Waals surface area contributed by atoms with Gasteiger partial charge in [0.15, 0.2) is 5.76 Å². The molecule has 0 bridgehead atoms. The van der Waals surface area contributed by atoms with Crippen LogP contribution in [0.15, 0.2) is 76.3 Å². The molecule has 1 N–H and O–H groups in total. The van der Waals surface area contributed by atoms with E-state index in [1.54, 1.807) is 30.5 Å². The maximum atomic E-state index is 12.8. The summed E-state index contributed by atoms with van der Waals surface area (Å²) < 4.78 is 6.47. The number of nitrogens with one attached hydrogen (secondary N) is 1. The zero-order chi connectivity index (χ0) is 18.6. The SMILES string of the molecule is O=C(NCc1nn(Cc2ccccn2)c(=O)c2ccccc12)c1ccco1. The number of benzene rings is 1. The highest BCUT2D eigenvalue weighted by Crippen LogP contribution is 2.14. The number of nitrogens with zero attached hydrogens (tertiary/aromatic N) is 3. The number of pyridine rings is 1. The molecule has 0 atom stereocenters. The summed E-state index contributed by atoms with van der Waals surface area (Å²) in [6.07, 6.45) is 3.11. The lowest BCUT2D eigenvalue weighted by Crippen LogP contribution is -2.29. The predicted octanol–water partition coefficient (Wildman–Crippen LogP) is 2.36. The quantitative estimate of drug-likeness (QED) is 0.590. The number of amides is 1. The van der Waals surface area contributed by atoms with E-state index in [-0.39, 0.29) is 30.3 Å². The first-order valence-corrected chi connectivity index (χ1v) is 8.43. The zero-order valence-corrected chi connectivity index (χ0v) is 14.3. The normalized spacial score (nSPS) is 10.8. The van der Waals surface area contributed by atoms with E-state index in [1.165, 1.54) is 10.9 Å². The average molecular weight is 360 g/mol. The van der Waals surface area contributed by atoms with Crippen molar-refractivity contribution in [2.45, 2.75) is 13.1 Å². The van der Waals surface area contributed by atoms with Gasteiger partial charge < -0.3 is 9.73 Å². The Morgan fingerprint density at radius 1 is 1.04 bits per heavy atom. The van der Waals surface area contributed by atoms with Crippen LogP contribution in [0.25, 0.3) is 10.8 Å². The number of fused-ring (bicyclic) bond motifs is 1. The molecule has 0 radical (unpaired) electrons. The summed E-state index contributed by atoms with van der Waals surface area (Å²) in [5.41, 5.74) is 1.13. The Balaban J connectivity index is 1.69. The highest BCUT2D eigenvalue weighted by molar-refractivity contribution is 5.91. The highest BCUT2D eigenvalue weighted by atomic mass is 16.3. The summed E-state index contributed by atoms with van der Waals surface area (Å²) in [4.78, 5) is 29.2. The third-order valence-corrected chi connectivity index (χ3v) is 4.14. The molecule has 7 heteroatoms. The van der Waals surface area contributed by atoms with Gasteiger partial charge in [-0.3, -0.25) is 14.6 Å². The van der Waals surface area contributed by atoms with Crippen LogP contribution in [0.2, 0.25) is 0 Å². The first kappa shape index (κ1) is 16.7. The first-order chi connectivity index (χ1) is 13.2. The van der Waals surface area contributed by atoms with Gasteiger partial charge in [-0.15, -0.1) is 0 Å². The van der Waals surface area contributed by atoms with Crippen molar-refractivity contribution in [1.82, 2.24) is 20.1 Å². The number of carbonyl (C=O) groups is 1. The predicted molar refractivity (Wildman–Crippen MR) is 99.2 cm³/mol. The number of furan rings is 1. The molecule has 0 aliphatic carbocycles. The van der Waals surface area contributed by atoms with Crippen molar-refractivity contribution in [1.29, 1.82) is 0 Å². The number of hydrogen-bond acceptors (Lipinski definition) is 5. The lowest BCUT2D eigenvalue weighted by atomic mass is 10.1. The number of aromatic nitrogens is 3. The molecule has 0 unspecified atom stereocenters. The van der Waals surface area contributed by atoms with Gasteiger partial charge in [-0.05, 0) is 30.3 Å². The van der Waals surface area contributed by atoms with Gasteiger partial charge in [0.1, 0.15) is 0 Å². The molecule has 0 spiro atoms. The Hall–Kier alpha value is -3.74. The lowest BCUT2D eigenvalue weighted by molar-refractivity contribution is 0.0922. The van der Waals surface area contributed by atoms with Crippen LogP contribution in [0.5, 0.6) is 0 Å². The Bertz CT molecular complexity index is 1140. The molecule has 4 rings (SSSR count). The van der Waals surface area contributed by atoms with E-state index in [2.05, 4.69) is 15.4 Å². The number of hydrogen-bond donors (Lipinski definition) is 1. The third-order valence-electron chi connectivity index (χ3n) is 4.14. The van der Waals surface area contributed by atoms with Crippen LogP contribution in [0.4, 0.5) is 0 Å². The molecule has 134 valence electrons. The molecule has 1 amide bonds. The fourth-order valence-electron chi connectivity index (χ4n) is 2.85. The maximum Gasteiger partial charge on any atom is 0.287 e. The van der Waals surface area contributed by atoms with Crippen molar-refractivity contribution in [3.63, 3.8) is 0 Å². The van der Waals surface area contributed by atoms with Gasteiger partial charge >= 0.3 is 0 Å². The lowest BCUT2D eigenvalue weighted by Gasteiger charge is -2.11. The van der Waals surface area contributed by atoms with Crippen molar-refractivity contribution < 1.29 is 9.21 Å². The van der Waals surface area contributed by atoms with Crippen LogP contribution in [0.3, 0.4) is 0 Å². The Labute approximate surface area is 154 Å². The van der Waals surface area contributed by atoms with E-state index in [4.69, 9.17) is 4.42 Å². The summed E-state index contributed by atoms with van der Waals surface area (Å²) in [5.74, 6) is -0.116. The zero-order valence-electron chi connectivity index (χ0n) is 14.3. The molecular weight excluding hydrogens is 344 g/mol. The Kier molecular flexibility index (Phi) is 4.49. The summed E-state index contributed by atoms with van der Waals surface area (Å²) in [6, 6.07) is 16.0. The van der Waals surface area contributed by atoms with E-state index in [0.29, 0.717) is 16.5 Å². The van der Waals surface area contributed by atoms with Crippen molar-refractivity contribution in [2.75, 3.05) is 0 Å². The number of rotatable bonds is 5. The molecule has 0 aliphatic heterocycles. The first-order valence-electron chi connectivity index (χ1n) is 8.43. The van der Waals surface area contributed by atoms with Crippen LogP contribution in [0, 0.1) is 0 Å². The molecular formula is C20H16N4O3. The topological polar surface area (TPSA) is 90.0 Å². The molecule has 27 heavy (non-hydrogen) atoms. The minimum atomic E-state index is -0.339. The molecule has 7 nitrogen and oxygen atoms in total. The van der Waals surface area contributed by atoms with Crippen LogP contribution in [0.1, 0.15) is 21.9 Å². The van der Waals surface area contributed by atoms with Crippen LogP contribution >= 0.6 is 0 Å². The van der Waals surface area contributed by atoms with E-state index < -0.39 is 0 Å². The monoisotopic (exact) mass is 360 g/mol. The smallest absolute Gasteiger partial charge is 0.287 e. The van der Waals surface area contributed by atoms with Crippen molar-refractivity contribution in [2.24, 2.45) is 0 Å².